The minimum absolute atomic E-state index is 0.431. The van der Waals surface area contributed by atoms with Gasteiger partial charge in [-0.3, -0.25) is 0 Å². The van der Waals surface area contributed by atoms with Crippen molar-refractivity contribution in [1.29, 1.82) is 0 Å². The molecule has 0 amide bonds. The number of hydrogen-bond donors (Lipinski definition) is 2. The molecule has 0 aromatic carbocycles. The molecule has 2 heterocycles. The van der Waals surface area contributed by atoms with Crippen LogP contribution in [0.4, 0.5) is 5.82 Å². The van der Waals surface area contributed by atoms with Crippen LogP contribution in [0.1, 0.15) is 24.3 Å². The molecule has 0 aliphatic heterocycles. The molecule has 0 spiro atoms. The Balaban J connectivity index is 2.25. The van der Waals surface area contributed by atoms with Gasteiger partial charge in [0, 0.05) is 17.0 Å². The van der Waals surface area contributed by atoms with Crippen molar-refractivity contribution in [2.45, 2.75) is 33.2 Å². The van der Waals surface area contributed by atoms with Gasteiger partial charge in [0.05, 0.1) is 11.6 Å². The summed E-state index contributed by atoms with van der Waals surface area (Å²) in [4.78, 5) is 10.7. The molecule has 8 heteroatoms. The molecule has 0 fully saturated rings. The standard InChI is InChI=1S/C13H20N4O2S2/c1-8-9(2)20-12-10(8)11(15-7-16-12)14-6-13(3,4)17-21(5,18)19/h7,17H,6H2,1-5H3,(H,14,15,16). The Labute approximate surface area is 129 Å². The third kappa shape index (κ3) is 3.90. The van der Waals surface area contributed by atoms with Crippen LogP contribution in [0.25, 0.3) is 10.2 Å². The lowest BCUT2D eigenvalue weighted by Gasteiger charge is -2.25. The zero-order valence-electron chi connectivity index (χ0n) is 12.8. The Morgan fingerprint density at radius 3 is 2.57 bits per heavy atom. The summed E-state index contributed by atoms with van der Waals surface area (Å²) in [5.74, 6) is 0.741. The van der Waals surface area contributed by atoms with Gasteiger partial charge < -0.3 is 5.32 Å². The predicted octanol–water partition coefficient (Wildman–Crippen LogP) is 2.05. The van der Waals surface area contributed by atoms with Gasteiger partial charge in [-0.25, -0.2) is 23.1 Å². The summed E-state index contributed by atoms with van der Waals surface area (Å²) in [5.41, 5.74) is 0.552. The molecular weight excluding hydrogens is 308 g/mol. The lowest BCUT2D eigenvalue weighted by atomic mass is 10.1. The van der Waals surface area contributed by atoms with E-state index in [0.29, 0.717) is 6.54 Å². The average molecular weight is 328 g/mol. The van der Waals surface area contributed by atoms with E-state index in [9.17, 15) is 8.42 Å². The highest BCUT2D eigenvalue weighted by molar-refractivity contribution is 7.88. The largest absolute Gasteiger partial charge is 0.368 e. The Morgan fingerprint density at radius 1 is 1.29 bits per heavy atom. The fourth-order valence-corrected chi connectivity index (χ4v) is 4.23. The molecule has 6 nitrogen and oxygen atoms in total. The zero-order chi connectivity index (χ0) is 15.8. The number of hydrogen-bond acceptors (Lipinski definition) is 6. The van der Waals surface area contributed by atoms with E-state index in [1.165, 1.54) is 11.2 Å². The van der Waals surface area contributed by atoms with Crippen LogP contribution in [0.2, 0.25) is 0 Å². The smallest absolute Gasteiger partial charge is 0.209 e. The molecule has 21 heavy (non-hydrogen) atoms. The minimum atomic E-state index is -3.25. The third-order valence-corrected chi connectivity index (χ3v) is 5.16. The van der Waals surface area contributed by atoms with Gasteiger partial charge in [-0.2, -0.15) is 0 Å². The number of nitrogens with zero attached hydrogens (tertiary/aromatic N) is 2. The Bertz CT molecular complexity index is 766. The molecule has 2 rings (SSSR count). The van der Waals surface area contributed by atoms with E-state index >= 15 is 0 Å². The highest BCUT2D eigenvalue weighted by Crippen LogP contribution is 2.32. The molecule has 0 aliphatic carbocycles. The van der Waals surface area contributed by atoms with Gasteiger partial charge in [0.25, 0.3) is 0 Å². The maximum absolute atomic E-state index is 11.4. The molecule has 2 aromatic rings. The van der Waals surface area contributed by atoms with Crippen LogP contribution >= 0.6 is 11.3 Å². The van der Waals surface area contributed by atoms with Crippen LogP contribution < -0.4 is 10.0 Å². The zero-order valence-corrected chi connectivity index (χ0v) is 14.4. The van der Waals surface area contributed by atoms with Crippen molar-refractivity contribution in [3.63, 3.8) is 0 Å². The van der Waals surface area contributed by atoms with Gasteiger partial charge in [0.1, 0.15) is 17.0 Å². The van der Waals surface area contributed by atoms with Crippen molar-refractivity contribution in [3.8, 4) is 0 Å². The first-order valence-electron chi connectivity index (χ1n) is 6.52. The molecule has 2 N–H and O–H groups in total. The minimum Gasteiger partial charge on any atom is -0.368 e. The number of aryl methyl sites for hydroxylation is 2. The molecule has 0 unspecified atom stereocenters. The van der Waals surface area contributed by atoms with Crippen LogP contribution in [0.5, 0.6) is 0 Å². The number of anilines is 1. The van der Waals surface area contributed by atoms with E-state index in [1.807, 2.05) is 20.8 Å². The first kappa shape index (κ1) is 16.1. The summed E-state index contributed by atoms with van der Waals surface area (Å²) in [6.07, 6.45) is 2.68. The van der Waals surface area contributed by atoms with Crippen molar-refractivity contribution < 1.29 is 8.42 Å². The lowest BCUT2D eigenvalue weighted by Crippen LogP contribution is -2.47. The maximum Gasteiger partial charge on any atom is 0.209 e. The summed E-state index contributed by atoms with van der Waals surface area (Å²) in [6.45, 7) is 8.18. The van der Waals surface area contributed by atoms with Crippen LogP contribution in [0.15, 0.2) is 6.33 Å². The van der Waals surface area contributed by atoms with Crippen LogP contribution in [-0.4, -0.2) is 36.7 Å². The highest BCUT2D eigenvalue weighted by atomic mass is 32.2. The van der Waals surface area contributed by atoms with E-state index in [2.05, 4.69) is 26.9 Å². The summed E-state index contributed by atoms with van der Waals surface area (Å²) >= 11 is 1.63. The van der Waals surface area contributed by atoms with E-state index in [0.717, 1.165) is 27.9 Å². The molecule has 2 aromatic heterocycles. The lowest BCUT2D eigenvalue weighted by molar-refractivity contribution is 0.476. The monoisotopic (exact) mass is 328 g/mol. The normalized spacial score (nSPS) is 12.8. The van der Waals surface area contributed by atoms with E-state index in [1.54, 1.807) is 11.3 Å². The van der Waals surface area contributed by atoms with Gasteiger partial charge in [-0.15, -0.1) is 11.3 Å². The van der Waals surface area contributed by atoms with Gasteiger partial charge in [-0.1, -0.05) is 0 Å². The predicted molar refractivity (Wildman–Crippen MR) is 87.4 cm³/mol. The summed E-state index contributed by atoms with van der Waals surface area (Å²) in [6, 6.07) is 0. The summed E-state index contributed by atoms with van der Waals surface area (Å²) < 4.78 is 25.3. The van der Waals surface area contributed by atoms with Crippen molar-refractivity contribution in [2.75, 3.05) is 18.1 Å². The molecular formula is C13H20N4O2S2. The average Bonchev–Trinajstić information content (AvgIpc) is 2.60. The second-order valence-electron chi connectivity index (χ2n) is 5.80. The first-order chi connectivity index (χ1) is 9.59. The summed E-state index contributed by atoms with van der Waals surface area (Å²) in [7, 11) is -3.25. The Morgan fingerprint density at radius 2 is 1.95 bits per heavy atom. The molecule has 0 radical (unpaired) electrons. The topological polar surface area (TPSA) is 84.0 Å². The van der Waals surface area contributed by atoms with Gasteiger partial charge in [0.15, 0.2) is 0 Å². The Hall–Kier alpha value is -1.25. The van der Waals surface area contributed by atoms with Crippen LogP contribution in [0.3, 0.4) is 0 Å². The number of rotatable bonds is 5. The fraction of sp³-hybridized carbons (Fsp3) is 0.538. The van der Waals surface area contributed by atoms with Crippen molar-refractivity contribution in [1.82, 2.24) is 14.7 Å². The molecule has 116 valence electrons. The van der Waals surface area contributed by atoms with E-state index < -0.39 is 15.6 Å². The van der Waals surface area contributed by atoms with Gasteiger partial charge in [0.2, 0.25) is 10.0 Å². The quantitative estimate of drug-likeness (QED) is 0.877. The molecule has 0 saturated carbocycles. The fourth-order valence-electron chi connectivity index (χ4n) is 2.16. The van der Waals surface area contributed by atoms with Crippen molar-refractivity contribution in [2.24, 2.45) is 0 Å². The number of aromatic nitrogens is 2. The first-order valence-corrected chi connectivity index (χ1v) is 9.23. The summed E-state index contributed by atoms with van der Waals surface area (Å²) in [5, 5.41) is 4.24. The van der Waals surface area contributed by atoms with Crippen LogP contribution in [-0.2, 0) is 10.0 Å². The Kier molecular flexibility index (Phi) is 4.23. The molecule has 0 bridgehead atoms. The van der Waals surface area contributed by atoms with Crippen LogP contribution in [0, 0.1) is 13.8 Å². The number of sulfonamides is 1. The molecule has 0 aliphatic rings. The number of nitrogens with one attached hydrogen (secondary N) is 2. The van der Waals surface area contributed by atoms with Crippen molar-refractivity contribution in [3.05, 3.63) is 16.8 Å². The SMILES string of the molecule is Cc1sc2ncnc(NCC(C)(C)NS(C)(=O)=O)c2c1C. The number of thiophene rings is 1. The van der Waals surface area contributed by atoms with Gasteiger partial charge in [-0.05, 0) is 33.3 Å². The van der Waals surface area contributed by atoms with Crippen molar-refractivity contribution >= 4 is 37.4 Å². The second kappa shape index (κ2) is 5.51. The van der Waals surface area contributed by atoms with E-state index in [-0.39, 0.29) is 0 Å². The highest BCUT2D eigenvalue weighted by Gasteiger charge is 2.22. The number of fused-ring (bicyclic) bond motifs is 1. The second-order valence-corrected chi connectivity index (χ2v) is 8.75. The maximum atomic E-state index is 11.4. The third-order valence-electron chi connectivity index (χ3n) is 3.12. The van der Waals surface area contributed by atoms with E-state index in [4.69, 9.17) is 0 Å². The molecule has 0 atom stereocenters. The molecule has 0 saturated heterocycles. The van der Waals surface area contributed by atoms with Gasteiger partial charge >= 0.3 is 0 Å².